The van der Waals surface area contributed by atoms with Crippen LogP contribution in [0.2, 0.25) is 0 Å². The Morgan fingerprint density at radius 1 is 1.19 bits per heavy atom. The van der Waals surface area contributed by atoms with Crippen molar-refractivity contribution in [2.24, 2.45) is 5.73 Å². The third-order valence-electron chi connectivity index (χ3n) is 5.50. The lowest BCUT2D eigenvalue weighted by atomic mass is 9.82. The van der Waals surface area contributed by atoms with E-state index in [2.05, 4.69) is 5.32 Å². The van der Waals surface area contributed by atoms with Crippen LogP contribution in [-0.2, 0) is 11.3 Å². The monoisotopic (exact) mass is 382 g/mol. The molecule has 0 radical (unpaired) electrons. The first kappa shape index (κ1) is 20.8. The van der Waals surface area contributed by atoms with E-state index >= 15 is 0 Å². The highest BCUT2D eigenvalue weighted by Gasteiger charge is 2.35. The van der Waals surface area contributed by atoms with E-state index in [4.69, 9.17) is 15.2 Å². The van der Waals surface area contributed by atoms with Gasteiger partial charge in [0, 0.05) is 12.1 Å². The molecule has 0 spiro atoms. The normalized spacial score (nSPS) is 19.5. The summed E-state index contributed by atoms with van der Waals surface area (Å²) in [4.78, 5) is 12.6. The molecule has 6 heteroatoms. The minimum absolute atomic E-state index is 0. The van der Waals surface area contributed by atoms with Crippen LogP contribution >= 0.6 is 12.4 Å². The summed E-state index contributed by atoms with van der Waals surface area (Å²) in [6.45, 7) is 0.414. The fraction of sp³-hybridized carbons (Fsp3) is 0.650. The van der Waals surface area contributed by atoms with E-state index in [-0.39, 0.29) is 24.4 Å². The van der Waals surface area contributed by atoms with Crippen LogP contribution in [-0.4, -0.2) is 24.7 Å². The predicted molar refractivity (Wildman–Crippen MR) is 105 cm³/mol. The smallest absolute Gasteiger partial charge is 0.240 e. The van der Waals surface area contributed by atoms with Crippen molar-refractivity contribution in [1.82, 2.24) is 5.32 Å². The van der Waals surface area contributed by atoms with Crippen LogP contribution < -0.4 is 20.5 Å². The van der Waals surface area contributed by atoms with Crippen molar-refractivity contribution in [2.45, 2.75) is 76.0 Å². The van der Waals surface area contributed by atoms with Gasteiger partial charge in [0.2, 0.25) is 5.91 Å². The van der Waals surface area contributed by atoms with Crippen LogP contribution in [0.15, 0.2) is 18.2 Å². The summed E-state index contributed by atoms with van der Waals surface area (Å²) in [5.41, 5.74) is 6.55. The van der Waals surface area contributed by atoms with Crippen molar-refractivity contribution in [3.05, 3.63) is 23.8 Å². The van der Waals surface area contributed by atoms with Gasteiger partial charge in [0.05, 0.1) is 18.8 Å². The first-order valence-electron chi connectivity index (χ1n) is 9.52. The van der Waals surface area contributed by atoms with E-state index in [0.717, 1.165) is 55.6 Å². The topological polar surface area (TPSA) is 73.6 Å². The molecule has 0 bridgehead atoms. The summed E-state index contributed by atoms with van der Waals surface area (Å²) in [6.07, 6.45) is 9.57. The Balaban J connectivity index is 0.00000243. The predicted octanol–water partition coefficient (Wildman–Crippen LogP) is 3.72. The van der Waals surface area contributed by atoms with Gasteiger partial charge in [-0.1, -0.05) is 31.4 Å². The van der Waals surface area contributed by atoms with Crippen molar-refractivity contribution in [3.8, 4) is 11.5 Å². The Kier molecular flexibility index (Phi) is 7.59. The van der Waals surface area contributed by atoms with Crippen LogP contribution in [0.1, 0.15) is 63.4 Å². The second kappa shape index (κ2) is 9.47. The van der Waals surface area contributed by atoms with Crippen LogP contribution in [0, 0.1) is 0 Å². The van der Waals surface area contributed by atoms with Crippen LogP contribution in [0.4, 0.5) is 0 Å². The molecule has 26 heavy (non-hydrogen) atoms. The highest BCUT2D eigenvalue weighted by atomic mass is 35.5. The maximum absolute atomic E-state index is 12.6. The molecule has 1 aromatic carbocycles. The van der Waals surface area contributed by atoms with Gasteiger partial charge in [-0.2, -0.15) is 0 Å². The minimum atomic E-state index is -0.719. The van der Waals surface area contributed by atoms with Crippen LogP contribution in [0.3, 0.4) is 0 Å². The number of carbonyl (C=O) groups is 1. The Hall–Kier alpha value is -1.46. The van der Waals surface area contributed by atoms with Gasteiger partial charge >= 0.3 is 0 Å². The van der Waals surface area contributed by atoms with Crippen molar-refractivity contribution in [1.29, 1.82) is 0 Å². The maximum atomic E-state index is 12.6. The molecule has 2 saturated carbocycles. The molecular formula is C20H31ClN2O3. The number of amides is 1. The minimum Gasteiger partial charge on any atom is -0.493 e. The third-order valence-corrected chi connectivity index (χ3v) is 5.50. The molecule has 0 saturated heterocycles. The van der Waals surface area contributed by atoms with E-state index in [9.17, 15) is 4.79 Å². The lowest BCUT2D eigenvalue weighted by Gasteiger charge is -2.32. The molecular weight excluding hydrogens is 352 g/mol. The van der Waals surface area contributed by atoms with Gasteiger partial charge in [0.25, 0.3) is 0 Å². The fourth-order valence-electron chi connectivity index (χ4n) is 3.93. The van der Waals surface area contributed by atoms with Gasteiger partial charge in [-0.15, -0.1) is 12.4 Å². The number of ether oxygens (including phenoxy) is 2. The maximum Gasteiger partial charge on any atom is 0.240 e. The molecule has 2 aliphatic carbocycles. The lowest BCUT2D eigenvalue weighted by Crippen LogP contribution is -2.54. The quantitative estimate of drug-likeness (QED) is 0.786. The van der Waals surface area contributed by atoms with E-state index in [0.29, 0.717) is 6.54 Å². The molecule has 2 aliphatic rings. The number of hydrogen-bond acceptors (Lipinski definition) is 4. The van der Waals surface area contributed by atoms with Crippen LogP contribution in [0.25, 0.3) is 0 Å². The van der Waals surface area contributed by atoms with Crippen molar-refractivity contribution in [2.75, 3.05) is 7.11 Å². The molecule has 5 nitrogen and oxygen atoms in total. The van der Waals surface area contributed by atoms with Crippen molar-refractivity contribution < 1.29 is 14.3 Å². The highest BCUT2D eigenvalue weighted by molar-refractivity contribution is 5.86. The largest absolute Gasteiger partial charge is 0.493 e. The molecule has 0 heterocycles. The molecule has 0 unspecified atom stereocenters. The number of nitrogens with one attached hydrogen (secondary N) is 1. The van der Waals surface area contributed by atoms with Crippen molar-refractivity contribution in [3.63, 3.8) is 0 Å². The zero-order valence-corrected chi connectivity index (χ0v) is 16.4. The summed E-state index contributed by atoms with van der Waals surface area (Å²) >= 11 is 0. The summed E-state index contributed by atoms with van der Waals surface area (Å²) in [6, 6.07) is 5.82. The van der Waals surface area contributed by atoms with Gasteiger partial charge < -0.3 is 20.5 Å². The standard InChI is InChI=1S/C20H30N2O3.ClH/c1-24-17-11-7-8-15(18(17)25-16-9-3-4-10-16)14-22-19(23)20(21)12-5-2-6-13-20;/h7-8,11,16H,2-6,9-10,12-14,21H2,1H3,(H,22,23);1H. The van der Waals surface area contributed by atoms with Gasteiger partial charge in [0.1, 0.15) is 0 Å². The van der Waals surface area contributed by atoms with E-state index in [1.165, 1.54) is 19.3 Å². The fourth-order valence-corrected chi connectivity index (χ4v) is 3.93. The average Bonchev–Trinajstić information content (AvgIpc) is 3.14. The molecule has 146 valence electrons. The second-order valence-electron chi connectivity index (χ2n) is 7.37. The number of halogens is 1. The average molecular weight is 383 g/mol. The molecule has 2 fully saturated rings. The Bertz CT molecular complexity index is 597. The number of hydrogen-bond donors (Lipinski definition) is 2. The molecule has 0 aromatic heterocycles. The summed E-state index contributed by atoms with van der Waals surface area (Å²) in [5.74, 6) is 1.42. The van der Waals surface area contributed by atoms with Gasteiger partial charge in [-0.3, -0.25) is 4.79 Å². The van der Waals surface area contributed by atoms with E-state index < -0.39 is 5.54 Å². The Labute approximate surface area is 162 Å². The van der Waals surface area contributed by atoms with Gasteiger partial charge in [0.15, 0.2) is 11.5 Å². The number of rotatable bonds is 6. The summed E-state index contributed by atoms with van der Waals surface area (Å²) in [5, 5.41) is 3.03. The van der Waals surface area contributed by atoms with E-state index in [1.807, 2.05) is 18.2 Å². The molecule has 1 amide bonds. The number of methoxy groups -OCH3 is 1. The van der Waals surface area contributed by atoms with Gasteiger partial charge in [-0.05, 0) is 44.6 Å². The summed E-state index contributed by atoms with van der Waals surface area (Å²) in [7, 11) is 1.65. The Morgan fingerprint density at radius 3 is 2.54 bits per heavy atom. The molecule has 3 rings (SSSR count). The number of nitrogens with two attached hydrogens (primary N) is 1. The lowest BCUT2D eigenvalue weighted by molar-refractivity contribution is -0.127. The number of para-hydroxylation sites is 1. The van der Waals surface area contributed by atoms with Crippen molar-refractivity contribution >= 4 is 18.3 Å². The molecule has 3 N–H and O–H groups in total. The van der Waals surface area contributed by atoms with Gasteiger partial charge in [-0.25, -0.2) is 0 Å². The number of benzene rings is 1. The van der Waals surface area contributed by atoms with E-state index in [1.54, 1.807) is 7.11 Å². The molecule has 0 atom stereocenters. The first-order valence-corrected chi connectivity index (χ1v) is 9.52. The Morgan fingerprint density at radius 2 is 1.88 bits per heavy atom. The molecule has 0 aliphatic heterocycles. The third kappa shape index (κ3) is 4.83. The highest BCUT2D eigenvalue weighted by Crippen LogP contribution is 2.35. The zero-order chi connectivity index (χ0) is 17.7. The van der Waals surface area contributed by atoms with Crippen LogP contribution in [0.5, 0.6) is 11.5 Å². The summed E-state index contributed by atoms with van der Waals surface area (Å²) < 4.78 is 11.7. The number of carbonyl (C=O) groups excluding carboxylic acids is 1. The SMILES string of the molecule is COc1cccc(CNC(=O)C2(N)CCCCC2)c1OC1CCCC1.Cl. The second-order valence-corrected chi connectivity index (χ2v) is 7.37. The zero-order valence-electron chi connectivity index (χ0n) is 15.6. The first-order chi connectivity index (χ1) is 12.1. The molecule has 1 aromatic rings.